The molecule has 4 nitrogen and oxygen atoms in total. The molecule has 0 radical (unpaired) electrons. The lowest BCUT2D eigenvalue weighted by Crippen LogP contribution is -2.15. The maximum atomic E-state index is 13.9. The van der Waals surface area contributed by atoms with E-state index in [2.05, 4.69) is 31.6 Å². The van der Waals surface area contributed by atoms with Crippen molar-refractivity contribution in [3.8, 4) is 0 Å². The van der Waals surface area contributed by atoms with Crippen LogP contribution in [-0.2, 0) is 13.1 Å². The molecule has 0 amide bonds. The van der Waals surface area contributed by atoms with Crippen molar-refractivity contribution >= 4 is 15.9 Å². The van der Waals surface area contributed by atoms with Crippen molar-refractivity contribution in [2.75, 3.05) is 0 Å². The second-order valence-corrected chi connectivity index (χ2v) is 5.74. The van der Waals surface area contributed by atoms with Crippen molar-refractivity contribution in [1.29, 1.82) is 0 Å². The Hall–Kier alpha value is -1.34. The Labute approximate surface area is 123 Å². The van der Waals surface area contributed by atoms with E-state index in [1.165, 1.54) is 29.7 Å². The molecule has 0 spiro atoms. The van der Waals surface area contributed by atoms with E-state index in [1.54, 1.807) is 6.20 Å². The summed E-state index contributed by atoms with van der Waals surface area (Å²) in [7, 11) is 0. The van der Waals surface area contributed by atoms with Crippen LogP contribution in [0.3, 0.4) is 0 Å². The van der Waals surface area contributed by atoms with E-state index in [0.717, 1.165) is 5.69 Å². The van der Waals surface area contributed by atoms with Gasteiger partial charge < -0.3 is 5.32 Å². The van der Waals surface area contributed by atoms with Crippen LogP contribution in [0.25, 0.3) is 0 Å². The van der Waals surface area contributed by atoms with E-state index in [-0.39, 0.29) is 16.6 Å². The van der Waals surface area contributed by atoms with E-state index in [0.29, 0.717) is 12.6 Å². The van der Waals surface area contributed by atoms with Gasteiger partial charge in [0.2, 0.25) is 0 Å². The first-order chi connectivity index (χ1) is 9.63. The smallest absolute Gasteiger partial charge is 0.145 e. The molecule has 1 aliphatic carbocycles. The molecule has 0 unspecified atom stereocenters. The highest BCUT2D eigenvalue weighted by atomic mass is 79.9. The van der Waals surface area contributed by atoms with Crippen LogP contribution in [0, 0.1) is 11.6 Å². The molecule has 1 aliphatic rings. The zero-order valence-corrected chi connectivity index (χ0v) is 12.2. The molecule has 1 N–H and O–H groups in total. The van der Waals surface area contributed by atoms with Gasteiger partial charge in [-0.25, -0.2) is 13.5 Å². The van der Waals surface area contributed by atoms with Crippen LogP contribution >= 0.6 is 15.9 Å². The summed E-state index contributed by atoms with van der Waals surface area (Å²) in [4.78, 5) is 0. The van der Waals surface area contributed by atoms with E-state index in [1.807, 2.05) is 0 Å². The maximum Gasteiger partial charge on any atom is 0.145 e. The Bertz CT molecular complexity index is 625. The van der Waals surface area contributed by atoms with Gasteiger partial charge in [-0.3, -0.25) is 0 Å². The number of benzene rings is 1. The van der Waals surface area contributed by atoms with Crippen LogP contribution in [0.4, 0.5) is 8.78 Å². The zero-order valence-electron chi connectivity index (χ0n) is 10.6. The lowest BCUT2D eigenvalue weighted by Gasteiger charge is -2.06. The Balaban J connectivity index is 1.72. The average molecular weight is 343 g/mol. The van der Waals surface area contributed by atoms with Crippen molar-refractivity contribution < 1.29 is 8.78 Å². The first-order valence-electron chi connectivity index (χ1n) is 6.38. The summed E-state index contributed by atoms with van der Waals surface area (Å²) in [5.41, 5.74) is 0.749. The van der Waals surface area contributed by atoms with Crippen LogP contribution in [-0.4, -0.2) is 21.0 Å². The quantitative estimate of drug-likeness (QED) is 0.849. The van der Waals surface area contributed by atoms with Crippen LogP contribution in [0.1, 0.15) is 24.1 Å². The predicted molar refractivity (Wildman–Crippen MR) is 73.0 cm³/mol. The van der Waals surface area contributed by atoms with Gasteiger partial charge in [0.15, 0.2) is 0 Å². The molecule has 1 heterocycles. The van der Waals surface area contributed by atoms with E-state index in [9.17, 15) is 8.78 Å². The predicted octanol–water partition coefficient (Wildman–Crippen LogP) is 2.62. The lowest BCUT2D eigenvalue weighted by molar-refractivity contribution is 0.524. The van der Waals surface area contributed by atoms with Crippen molar-refractivity contribution in [3.05, 3.63) is 45.7 Å². The van der Waals surface area contributed by atoms with Crippen molar-refractivity contribution in [2.24, 2.45) is 0 Å². The zero-order chi connectivity index (χ0) is 14.1. The Morgan fingerprint density at radius 2 is 2.15 bits per heavy atom. The number of nitrogens with zero attached hydrogens (tertiary/aromatic N) is 3. The highest BCUT2D eigenvalue weighted by molar-refractivity contribution is 9.10. The van der Waals surface area contributed by atoms with Gasteiger partial charge in [0.1, 0.15) is 11.6 Å². The molecule has 0 bridgehead atoms. The van der Waals surface area contributed by atoms with Crippen LogP contribution in [0.5, 0.6) is 0 Å². The molecule has 0 saturated heterocycles. The van der Waals surface area contributed by atoms with E-state index < -0.39 is 11.6 Å². The fourth-order valence-electron chi connectivity index (χ4n) is 1.91. The molecule has 2 aromatic rings. The van der Waals surface area contributed by atoms with Gasteiger partial charge in [0.05, 0.1) is 22.9 Å². The summed E-state index contributed by atoms with van der Waals surface area (Å²) in [5, 5.41) is 11.2. The number of hydrogen-bond acceptors (Lipinski definition) is 3. The van der Waals surface area contributed by atoms with Crippen molar-refractivity contribution in [1.82, 2.24) is 20.3 Å². The topological polar surface area (TPSA) is 42.7 Å². The molecule has 3 rings (SSSR count). The number of aromatic nitrogens is 3. The third-order valence-corrected chi connectivity index (χ3v) is 3.81. The molecule has 106 valence electrons. The average Bonchev–Trinajstić information content (AvgIpc) is 3.16. The van der Waals surface area contributed by atoms with Gasteiger partial charge in [-0.05, 0) is 40.9 Å². The number of nitrogens with one attached hydrogen (secondary N) is 1. The third-order valence-electron chi connectivity index (χ3n) is 3.19. The molecule has 0 atom stereocenters. The summed E-state index contributed by atoms with van der Waals surface area (Å²) in [6.45, 7) is 0.654. The first kappa shape index (κ1) is 13.6. The normalized spacial score (nSPS) is 14.8. The molecule has 1 aromatic heterocycles. The minimum Gasteiger partial charge on any atom is -0.308 e. The minimum atomic E-state index is -0.599. The molecule has 1 aromatic carbocycles. The van der Waals surface area contributed by atoms with Crippen molar-refractivity contribution in [2.45, 2.75) is 32.0 Å². The van der Waals surface area contributed by atoms with Gasteiger partial charge in [-0.2, -0.15) is 0 Å². The van der Waals surface area contributed by atoms with E-state index >= 15 is 0 Å². The molecule has 1 saturated carbocycles. The monoisotopic (exact) mass is 342 g/mol. The van der Waals surface area contributed by atoms with Crippen LogP contribution in [0.2, 0.25) is 0 Å². The molecule has 1 fully saturated rings. The number of halogens is 3. The molecule has 7 heteroatoms. The van der Waals surface area contributed by atoms with Crippen LogP contribution < -0.4 is 5.32 Å². The fraction of sp³-hybridized carbons (Fsp3) is 0.385. The summed E-state index contributed by atoms with van der Waals surface area (Å²) < 4.78 is 29.2. The Morgan fingerprint density at radius 1 is 1.35 bits per heavy atom. The summed E-state index contributed by atoms with van der Waals surface area (Å²) >= 11 is 3.05. The molecular weight excluding hydrogens is 330 g/mol. The molecule has 0 aliphatic heterocycles. The van der Waals surface area contributed by atoms with Gasteiger partial charge in [0, 0.05) is 18.2 Å². The van der Waals surface area contributed by atoms with Gasteiger partial charge in [-0.1, -0.05) is 5.21 Å². The largest absolute Gasteiger partial charge is 0.308 e. The number of hydrogen-bond donors (Lipinski definition) is 1. The summed E-state index contributed by atoms with van der Waals surface area (Å²) in [6.07, 6.45) is 4.10. The second-order valence-electron chi connectivity index (χ2n) is 4.88. The lowest BCUT2D eigenvalue weighted by atomic mass is 10.2. The van der Waals surface area contributed by atoms with E-state index in [4.69, 9.17) is 0 Å². The SMILES string of the molecule is Fc1ccc(Br)c(F)c1Cn1cc(CNC2CC2)nn1. The van der Waals surface area contributed by atoms with Crippen LogP contribution in [0.15, 0.2) is 22.8 Å². The minimum absolute atomic E-state index is 0.0214. The van der Waals surface area contributed by atoms with Crippen molar-refractivity contribution in [3.63, 3.8) is 0 Å². The molecule has 20 heavy (non-hydrogen) atoms. The van der Waals surface area contributed by atoms with Gasteiger partial charge in [0.25, 0.3) is 0 Å². The number of rotatable bonds is 5. The molecular formula is C13H13BrF2N4. The third kappa shape index (κ3) is 3.04. The van der Waals surface area contributed by atoms with Gasteiger partial charge in [-0.15, -0.1) is 5.10 Å². The van der Waals surface area contributed by atoms with Gasteiger partial charge >= 0.3 is 0 Å². The Morgan fingerprint density at radius 3 is 2.90 bits per heavy atom. The fourth-order valence-corrected chi connectivity index (χ4v) is 2.28. The second kappa shape index (κ2) is 5.57. The highest BCUT2D eigenvalue weighted by Gasteiger charge is 2.20. The summed E-state index contributed by atoms with van der Waals surface area (Å²) in [5.74, 6) is -1.18. The highest BCUT2D eigenvalue weighted by Crippen LogP contribution is 2.22. The Kier molecular flexibility index (Phi) is 3.80. The first-order valence-corrected chi connectivity index (χ1v) is 7.17. The standard InChI is InChI=1S/C13H13BrF2N4/c14-11-3-4-12(15)10(13(11)16)7-20-6-9(18-19-20)5-17-8-1-2-8/h3-4,6,8,17H,1-2,5,7H2. The maximum absolute atomic E-state index is 13.9. The summed E-state index contributed by atoms with van der Waals surface area (Å²) in [6, 6.07) is 3.16.